The van der Waals surface area contributed by atoms with Gasteiger partial charge >= 0.3 is 5.69 Å². The average Bonchev–Trinajstić information content (AvgIpc) is 3.05. The van der Waals surface area contributed by atoms with E-state index in [1.165, 1.54) is 6.20 Å². The molecule has 1 aliphatic carbocycles. The molecule has 2 aliphatic rings. The first kappa shape index (κ1) is 13.2. The predicted octanol–water partition coefficient (Wildman–Crippen LogP) is 1.63. The molecule has 2 aromatic heterocycles. The third-order valence-electron chi connectivity index (χ3n) is 4.32. The minimum absolute atomic E-state index is 0.0793. The molecule has 1 aliphatic heterocycles. The van der Waals surface area contributed by atoms with E-state index in [2.05, 4.69) is 15.0 Å². The lowest BCUT2D eigenvalue weighted by Crippen LogP contribution is -2.37. The van der Waals surface area contributed by atoms with Crippen molar-refractivity contribution in [2.24, 2.45) is 0 Å². The Morgan fingerprint density at radius 2 is 2.05 bits per heavy atom. The van der Waals surface area contributed by atoms with E-state index in [1.54, 1.807) is 4.57 Å². The third-order valence-corrected chi connectivity index (χ3v) is 4.51. The molecular weight excluding hydrogens is 296 g/mol. The van der Waals surface area contributed by atoms with Crippen molar-refractivity contribution in [2.75, 3.05) is 13.2 Å². The molecule has 3 heterocycles. The lowest BCUT2D eigenvalue weighted by atomic mass is 9.90. The smallest absolute Gasteiger partial charge is 0.327 e. The van der Waals surface area contributed by atoms with Gasteiger partial charge in [0, 0.05) is 18.9 Å². The number of nitrogens with one attached hydrogen (secondary N) is 1. The normalized spacial score (nSPS) is 22.3. The molecule has 4 rings (SSSR count). The van der Waals surface area contributed by atoms with Gasteiger partial charge in [-0.3, -0.25) is 4.57 Å². The Labute approximate surface area is 125 Å². The van der Waals surface area contributed by atoms with Crippen LogP contribution in [-0.4, -0.2) is 38.5 Å². The van der Waals surface area contributed by atoms with Gasteiger partial charge in [-0.25, -0.2) is 9.78 Å². The number of halogens is 1. The summed E-state index contributed by atoms with van der Waals surface area (Å²) in [7, 11) is 0. The first-order valence-electron chi connectivity index (χ1n) is 7.08. The van der Waals surface area contributed by atoms with Gasteiger partial charge in [0.05, 0.1) is 19.4 Å². The number of rotatable bonds is 1. The summed E-state index contributed by atoms with van der Waals surface area (Å²) >= 11 is 5.85. The maximum Gasteiger partial charge on any atom is 0.327 e. The number of aromatic nitrogens is 4. The second-order valence-electron chi connectivity index (χ2n) is 5.52. The molecule has 1 saturated carbocycles. The molecule has 21 heavy (non-hydrogen) atoms. The van der Waals surface area contributed by atoms with E-state index in [1.807, 2.05) is 0 Å². The van der Waals surface area contributed by atoms with Crippen molar-refractivity contribution in [3.8, 4) is 0 Å². The molecule has 2 aromatic rings. The summed E-state index contributed by atoms with van der Waals surface area (Å²) in [6, 6.07) is 0.0793. The highest BCUT2D eigenvalue weighted by atomic mass is 35.5. The van der Waals surface area contributed by atoms with E-state index < -0.39 is 5.79 Å². The zero-order valence-corrected chi connectivity index (χ0v) is 12.1. The monoisotopic (exact) mass is 310 g/mol. The molecule has 112 valence electrons. The summed E-state index contributed by atoms with van der Waals surface area (Å²) in [5.74, 6) is -0.432. The largest absolute Gasteiger partial charge is 0.348 e. The molecule has 0 amide bonds. The fourth-order valence-corrected chi connectivity index (χ4v) is 3.45. The van der Waals surface area contributed by atoms with Crippen LogP contribution in [0.1, 0.15) is 31.7 Å². The Bertz CT molecular complexity index is 725. The van der Waals surface area contributed by atoms with Crippen LogP contribution in [0.5, 0.6) is 0 Å². The van der Waals surface area contributed by atoms with Crippen molar-refractivity contribution in [3.05, 3.63) is 22.0 Å². The van der Waals surface area contributed by atoms with Gasteiger partial charge in [0.25, 0.3) is 0 Å². The number of nitrogens with zero attached hydrogens (tertiary/aromatic N) is 3. The lowest BCUT2D eigenvalue weighted by molar-refractivity contribution is -0.181. The highest BCUT2D eigenvalue weighted by Crippen LogP contribution is 2.40. The van der Waals surface area contributed by atoms with Crippen LogP contribution in [0.15, 0.2) is 11.0 Å². The molecular formula is C13H15ClN4O3. The number of hydrogen-bond donors (Lipinski definition) is 1. The van der Waals surface area contributed by atoms with Gasteiger partial charge in [-0.2, -0.15) is 4.98 Å². The summed E-state index contributed by atoms with van der Waals surface area (Å²) in [4.78, 5) is 23.0. The van der Waals surface area contributed by atoms with Gasteiger partial charge < -0.3 is 14.5 Å². The van der Waals surface area contributed by atoms with E-state index in [0.717, 1.165) is 25.7 Å². The molecule has 0 bridgehead atoms. The quantitative estimate of drug-likeness (QED) is 0.810. The fourth-order valence-electron chi connectivity index (χ4n) is 3.32. The van der Waals surface area contributed by atoms with Gasteiger partial charge in [0.15, 0.2) is 11.4 Å². The number of hydrogen-bond acceptors (Lipinski definition) is 5. The molecule has 1 saturated heterocycles. The van der Waals surface area contributed by atoms with E-state index in [9.17, 15) is 4.79 Å². The Morgan fingerprint density at radius 3 is 2.76 bits per heavy atom. The zero-order valence-electron chi connectivity index (χ0n) is 11.3. The van der Waals surface area contributed by atoms with Crippen LogP contribution in [0.2, 0.25) is 5.28 Å². The molecule has 7 nitrogen and oxygen atoms in total. The predicted molar refractivity (Wildman–Crippen MR) is 75.3 cm³/mol. The maximum absolute atomic E-state index is 12.2. The molecule has 0 radical (unpaired) electrons. The fraction of sp³-hybridized carbons (Fsp3) is 0.615. The molecule has 8 heteroatoms. The molecule has 1 N–H and O–H groups in total. The highest BCUT2D eigenvalue weighted by Gasteiger charge is 2.41. The van der Waals surface area contributed by atoms with Crippen molar-refractivity contribution in [3.63, 3.8) is 0 Å². The number of H-pyrrole nitrogens is 1. The van der Waals surface area contributed by atoms with E-state index in [0.29, 0.717) is 24.4 Å². The summed E-state index contributed by atoms with van der Waals surface area (Å²) in [5, 5.41) is 0.144. The zero-order chi connectivity index (χ0) is 14.4. The van der Waals surface area contributed by atoms with Crippen molar-refractivity contribution in [1.29, 1.82) is 0 Å². The summed E-state index contributed by atoms with van der Waals surface area (Å²) in [6.07, 6.45) is 4.74. The van der Waals surface area contributed by atoms with Crippen LogP contribution < -0.4 is 5.69 Å². The van der Waals surface area contributed by atoms with Crippen molar-refractivity contribution in [1.82, 2.24) is 19.5 Å². The maximum atomic E-state index is 12.2. The summed E-state index contributed by atoms with van der Waals surface area (Å²) in [5.41, 5.74) is 1.00. The van der Waals surface area contributed by atoms with Gasteiger partial charge in [-0.15, -0.1) is 0 Å². The number of fused-ring (bicyclic) bond motifs is 1. The van der Waals surface area contributed by atoms with Gasteiger partial charge in [0.1, 0.15) is 5.52 Å². The van der Waals surface area contributed by atoms with Gasteiger partial charge in [-0.1, -0.05) is 0 Å². The van der Waals surface area contributed by atoms with Crippen LogP contribution >= 0.6 is 11.6 Å². The molecule has 1 spiro atoms. The Balaban J connectivity index is 1.67. The number of ether oxygens (including phenoxy) is 2. The molecule has 0 atom stereocenters. The lowest BCUT2D eigenvalue weighted by Gasteiger charge is -2.35. The van der Waals surface area contributed by atoms with Crippen LogP contribution in [0.25, 0.3) is 11.2 Å². The van der Waals surface area contributed by atoms with Crippen LogP contribution in [0, 0.1) is 0 Å². The topological polar surface area (TPSA) is 82.0 Å². The molecule has 0 unspecified atom stereocenters. The number of aromatic amines is 1. The Morgan fingerprint density at radius 1 is 1.33 bits per heavy atom. The van der Waals surface area contributed by atoms with Crippen LogP contribution in [0.4, 0.5) is 0 Å². The van der Waals surface area contributed by atoms with Gasteiger partial charge in [0.2, 0.25) is 5.28 Å². The van der Waals surface area contributed by atoms with Crippen LogP contribution in [0.3, 0.4) is 0 Å². The van der Waals surface area contributed by atoms with Crippen molar-refractivity contribution < 1.29 is 9.47 Å². The first-order chi connectivity index (χ1) is 10.2. The SMILES string of the molecule is O=c1[nH]c2cnc(Cl)nc2n1C1CCC2(CC1)OCCO2. The minimum Gasteiger partial charge on any atom is -0.348 e. The Kier molecular flexibility index (Phi) is 3.02. The van der Waals surface area contributed by atoms with E-state index >= 15 is 0 Å². The third kappa shape index (κ3) is 2.16. The average molecular weight is 311 g/mol. The van der Waals surface area contributed by atoms with Crippen LogP contribution in [-0.2, 0) is 9.47 Å². The second kappa shape index (κ2) is 4.79. The number of imidazole rings is 1. The summed E-state index contributed by atoms with van der Waals surface area (Å²) < 4.78 is 13.1. The summed E-state index contributed by atoms with van der Waals surface area (Å²) in [6.45, 7) is 1.31. The van der Waals surface area contributed by atoms with E-state index in [4.69, 9.17) is 21.1 Å². The van der Waals surface area contributed by atoms with Crippen molar-refractivity contribution >= 4 is 22.8 Å². The highest BCUT2D eigenvalue weighted by molar-refractivity contribution is 6.28. The Hall–Kier alpha value is -1.44. The van der Waals surface area contributed by atoms with E-state index in [-0.39, 0.29) is 17.0 Å². The first-order valence-corrected chi connectivity index (χ1v) is 7.45. The second-order valence-corrected chi connectivity index (χ2v) is 5.85. The molecule has 2 fully saturated rings. The van der Waals surface area contributed by atoms with Crippen molar-refractivity contribution in [2.45, 2.75) is 37.5 Å². The molecule has 0 aromatic carbocycles. The van der Waals surface area contributed by atoms with Gasteiger partial charge in [-0.05, 0) is 24.4 Å². The minimum atomic E-state index is -0.432. The standard InChI is InChI=1S/C13H15ClN4O3/c14-11-15-7-9-10(17-11)18(12(19)16-9)8-1-3-13(4-2-8)20-5-6-21-13/h7-8H,1-6H2,(H,16,19).